The van der Waals surface area contributed by atoms with Gasteiger partial charge in [0.15, 0.2) is 0 Å². The van der Waals surface area contributed by atoms with E-state index in [0.717, 1.165) is 0 Å². The molecule has 3 nitrogen and oxygen atoms in total. The van der Waals surface area contributed by atoms with Gasteiger partial charge in [-0.2, -0.15) is 0 Å². The van der Waals surface area contributed by atoms with Crippen LogP contribution in [0.15, 0.2) is 24.3 Å². The van der Waals surface area contributed by atoms with E-state index in [1.54, 1.807) is 12.1 Å². The van der Waals surface area contributed by atoms with Gasteiger partial charge in [-0.15, -0.1) is 0 Å². The fraction of sp³-hybridized carbons (Fsp3) is 0.357. The van der Waals surface area contributed by atoms with Crippen molar-refractivity contribution in [3.8, 4) is 5.75 Å². The SMILES string of the molecule is O=C(O)CC=Cc1cc(F)ccc1OCC1CC1. The third-order valence-electron chi connectivity index (χ3n) is 2.73. The standard InChI is InChI=1S/C14H15FO3/c15-12-6-7-13(18-9-10-4-5-10)11(8-12)2-1-3-14(16)17/h1-2,6-8,10H,3-5,9H2,(H,16,17). The molecule has 1 saturated carbocycles. The van der Waals surface area contributed by atoms with Crippen molar-refractivity contribution in [1.82, 2.24) is 0 Å². The number of carboxylic acid groups (broad SMARTS) is 1. The molecule has 0 saturated heterocycles. The summed E-state index contributed by atoms with van der Waals surface area (Å²) in [4.78, 5) is 10.4. The van der Waals surface area contributed by atoms with Crippen LogP contribution >= 0.6 is 0 Å². The first-order valence-corrected chi connectivity index (χ1v) is 5.96. The predicted octanol–water partition coefficient (Wildman–Crippen LogP) is 3.10. The molecule has 1 aromatic carbocycles. The Balaban J connectivity index is 2.06. The monoisotopic (exact) mass is 250 g/mol. The normalized spacial score (nSPS) is 14.9. The minimum atomic E-state index is -0.914. The second-order valence-electron chi connectivity index (χ2n) is 4.44. The molecule has 0 heterocycles. The predicted molar refractivity (Wildman–Crippen MR) is 65.9 cm³/mol. The summed E-state index contributed by atoms with van der Waals surface area (Å²) in [7, 11) is 0. The number of aliphatic carboxylic acids is 1. The molecule has 1 aromatic rings. The van der Waals surface area contributed by atoms with Gasteiger partial charge >= 0.3 is 5.97 Å². The number of halogens is 1. The average molecular weight is 250 g/mol. The summed E-state index contributed by atoms with van der Waals surface area (Å²) < 4.78 is 18.7. The van der Waals surface area contributed by atoms with Gasteiger partial charge < -0.3 is 9.84 Å². The van der Waals surface area contributed by atoms with E-state index in [4.69, 9.17) is 9.84 Å². The van der Waals surface area contributed by atoms with E-state index in [1.807, 2.05) is 0 Å². The quantitative estimate of drug-likeness (QED) is 0.843. The van der Waals surface area contributed by atoms with Crippen molar-refractivity contribution >= 4 is 12.0 Å². The molecule has 0 atom stereocenters. The fourth-order valence-electron chi connectivity index (χ4n) is 1.56. The highest BCUT2D eigenvalue weighted by molar-refractivity contribution is 5.71. The summed E-state index contributed by atoms with van der Waals surface area (Å²) in [6.45, 7) is 0.644. The fourth-order valence-corrected chi connectivity index (χ4v) is 1.56. The molecular weight excluding hydrogens is 235 g/mol. The van der Waals surface area contributed by atoms with Crippen LogP contribution < -0.4 is 4.74 Å². The zero-order valence-corrected chi connectivity index (χ0v) is 9.93. The van der Waals surface area contributed by atoms with Crippen LogP contribution in [0.3, 0.4) is 0 Å². The van der Waals surface area contributed by atoms with E-state index >= 15 is 0 Å². The molecule has 0 bridgehead atoms. The number of benzene rings is 1. The van der Waals surface area contributed by atoms with Crippen molar-refractivity contribution in [2.24, 2.45) is 5.92 Å². The Kier molecular flexibility index (Phi) is 3.97. The van der Waals surface area contributed by atoms with Crippen LogP contribution in [-0.2, 0) is 4.79 Å². The summed E-state index contributed by atoms with van der Waals surface area (Å²) in [5.74, 6) is -0.0531. The second-order valence-corrected chi connectivity index (χ2v) is 4.44. The molecule has 0 amide bonds. The number of rotatable bonds is 6. The lowest BCUT2D eigenvalue weighted by atomic mass is 10.1. The smallest absolute Gasteiger partial charge is 0.307 e. The maximum atomic E-state index is 13.1. The summed E-state index contributed by atoms with van der Waals surface area (Å²) in [6.07, 6.45) is 5.36. The number of carbonyl (C=O) groups is 1. The minimum Gasteiger partial charge on any atom is -0.493 e. The molecule has 96 valence electrons. The van der Waals surface area contributed by atoms with Crippen LogP contribution in [0.2, 0.25) is 0 Å². The van der Waals surface area contributed by atoms with Crippen molar-refractivity contribution in [3.05, 3.63) is 35.7 Å². The Labute approximate surface area is 105 Å². The average Bonchev–Trinajstić information content (AvgIpc) is 3.11. The molecule has 18 heavy (non-hydrogen) atoms. The molecule has 2 rings (SSSR count). The molecule has 4 heteroatoms. The number of ether oxygens (including phenoxy) is 1. The van der Waals surface area contributed by atoms with Crippen LogP contribution in [0.25, 0.3) is 6.08 Å². The van der Waals surface area contributed by atoms with Crippen LogP contribution in [0.1, 0.15) is 24.8 Å². The Morgan fingerprint density at radius 2 is 2.28 bits per heavy atom. The highest BCUT2D eigenvalue weighted by atomic mass is 19.1. The van der Waals surface area contributed by atoms with E-state index in [2.05, 4.69) is 0 Å². The van der Waals surface area contributed by atoms with Crippen LogP contribution in [0.4, 0.5) is 4.39 Å². The van der Waals surface area contributed by atoms with Gasteiger partial charge in [-0.1, -0.05) is 12.2 Å². The van der Waals surface area contributed by atoms with Gasteiger partial charge in [0.25, 0.3) is 0 Å². The second kappa shape index (κ2) is 5.67. The Hall–Kier alpha value is -1.84. The molecule has 0 spiro atoms. The van der Waals surface area contributed by atoms with Crippen molar-refractivity contribution in [2.75, 3.05) is 6.61 Å². The molecule has 1 fully saturated rings. The number of hydrogen-bond donors (Lipinski definition) is 1. The third kappa shape index (κ3) is 3.87. The Morgan fingerprint density at radius 3 is 2.94 bits per heavy atom. The summed E-state index contributed by atoms with van der Waals surface area (Å²) >= 11 is 0. The summed E-state index contributed by atoms with van der Waals surface area (Å²) in [5.41, 5.74) is 0.580. The van der Waals surface area contributed by atoms with Crippen molar-refractivity contribution in [2.45, 2.75) is 19.3 Å². The molecule has 1 N–H and O–H groups in total. The van der Waals surface area contributed by atoms with Gasteiger partial charge in [0.1, 0.15) is 11.6 Å². The molecule has 0 aliphatic heterocycles. The third-order valence-corrected chi connectivity index (χ3v) is 2.73. The number of carboxylic acids is 1. The zero-order chi connectivity index (χ0) is 13.0. The van der Waals surface area contributed by atoms with Crippen molar-refractivity contribution in [1.29, 1.82) is 0 Å². The lowest BCUT2D eigenvalue weighted by Gasteiger charge is -2.08. The maximum Gasteiger partial charge on any atom is 0.307 e. The largest absolute Gasteiger partial charge is 0.493 e. The maximum absolute atomic E-state index is 13.1. The van der Waals surface area contributed by atoms with E-state index in [0.29, 0.717) is 23.8 Å². The topological polar surface area (TPSA) is 46.5 Å². The van der Waals surface area contributed by atoms with E-state index in [1.165, 1.54) is 31.1 Å². The lowest BCUT2D eigenvalue weighted by molar-refractivity contribution is -0.135. The summed E-state index contributed by atoms with van der Waals surface area (Å²) in [6, 6.07) is 4.27. The Morgan fingerprint density at radius 1 is 1.50 bits per heavy atom. The molecule has 1 aliphatic carbocycles. The Bertz CT molecular complexity index is 464. The minimum absolute atomic E-state index is 0.0847. The van der Waals surface area contributed by atoms with Crippen LogP contribution in [-0.4, -0.2) is 17.7 Å². The highest BCUT2D eigenvalue weighted by Crippen LogP contribution is 2.30. The van der Waals surface area contributed by atoms with E-state index in [9.17, 15) is 9.18 Å². The van der Waals surface area contributed by atoms with Gasteiger partial charge in [0.05, 0.1) is 13.0 Å². The first kappa shape index (κ1) is 12.6. The van der Waals surface area contributed by atoms with Gasteiger partial charge in [0, 0.05) is 5.56 Å². The van der Waals surface area contributed by atoms with Gasteiger partial charge in [-0.05, 0) is 37.0 Å². The van der Waals surface area contributed by atoms with Crippen molar-refractivity contribution < 1.29 is 19.0 Å². The lowest BCUT2D eigenvalue weighted by Crippen LogP contribution is -2.00. The molecule has 0 radical (unpaired) electrons. The van der Waals surface area contributed by atoms with Gasteiger partial charge in [-0.25, -0.2) is 4.39 Å². The molecular formula is C14H15FO3. The number of hydrogen-bond acceptors (Lipinski definition) is 2. The first-order valence-electron chi connectivity index (χ1n) is 5.96. The van der Waals surface area contributed by atoms with Gasteiger partial charge in [-0.3, -0.25) is 4.79 Å². The molecule has 0 aromatic heterocycles. The van der Waals surface area contributed by atoms with Crippen molar-refractivity contribution in [3.63, 3.8) is 0 Å². The zero-order valence-electron chi connectivity index (χ0n) is 9.93. The summed E-state index contributed by atoms with van der Waals surface area (Å²) in [5, 5.41) is 8.54. The van der Waals surface area contributed by atoms with Crippen LogP contribution in [0.5, 0.6) is 5.75 Å². The van der Waals surface area contributed by atoms with E-state index in [-0.39, 0.29) is 12.2 Å². The molecule has 1 aliphatic rings. The van der Waals surface area contributed by atoms with Crippen LogP contribution in [0, 0.1) is 11.7 Å². The highest BCUT2D eigenvalue weighted by Gasteiger charge is 2.22. The van der Waals surface area contributed by atoms with Gasteiger partial charge in [0.2, 0.25) is 0 Å². The molecule has 0 unspecified atom stereocenters. The first-order chi connectivity index (χ1) is 8.65. The van der Waals surface area contributed by atoms with E-state index < -0.39 is 5.97 Å².